The summed E-state index contributed by atoms with van der Waals surface area (Å²) in [6.45, 7) is 9.57. The van der Waals surface area contributed by atoms with Crippen LogP contribution in [-0.2, 0) is 0 Å². The van der Waals surface area contributed by atoms with Gasteiger partial charge < -0.3 is 10.6 Å². The Morgan fingerprint density at radius 1 is 1.44 bits per heavy atom. The van der Waals surface area contributed by atoms with Gasteiger partial charge in [0.15, 0.2) is 0 Å². The van der Waals surface area contributed by atoms with E-state index in [1.165, 1.54) is 5.69 Å². The number of hydrogen-bond donors (Lipinski definition) is 1. The van der Waals surface area contributed by atoms with Crippen LogP contribution in [0.3, 0.4) is 0 Å². The lowest BCUT2D eigenvalue weighted by molar-refractivity contribution is 0.182. The van der Waals surface area contributed by atoms with E-state index in [1.54, 1.807) is 0 Å². The highest BCUT2D eigenvalue weighted by molar-refractivity contribution is 6.31. The fraction of sp³-hybridized carbons (Fsp3) is 0.600. The monoisotopic (exact) mass is 266 g/mol. The van der Waals surface area contributed by atoms with Crippen molar-refractivity contribution < 1.29 is 0 Å². The topological polar surface area (TPSA) is 29.3 Å². The maximum absolute atomic E-state index is 6.21. The summed E-state index contributed by atoms with van der Waals surface area (Å²) >= 11 is 6.21. The van der Waals surface area contributed by atoms with Crippen LogP contribution >= 0.6 is 11.6 Å². The molecule has 0 spiro atoms. The van der Waals surface area contributed by atoms with Crippen molar-refractivity contribution in [3.05, 3.63) is 28.8 Å². The van der Waals surface area contributed by atoms with Crippen LogP contribution in [-0.4, -0.2) is 19.6 Å². The first-order valence-corrected chi connectivity index (χ1v) is 7.03. The first-order chi connectivity index (χ1) is 8.44. The fourth-order valence-electron chi connectivity index (χ4n) is 2.84. The van der Waals surface area contributed by atoms with E-state index in [0.717, 1.165) is 36.6 Å². The molecule has 1 aromatic carbocycles. The number of halogens is 1. The van der Waals surface area contributed by atoms with Gasteiger partial charge in [-0.3, -0.25) is 0 Å². The van der Waals surface area contributed by atoms with Crippen molar-refractivity contribution in [1.29, 1.82) is 0 Å². The number of benzene rings is 1. The molecule has 0 radical (unpaired) electrons. The molecule has 2 nitrogen and oxygen atoms in total. The fourth-order valence-corrected chi connectivity index (χ4v) is 3.01. The average Bonchev–Trinajstić information content (AvgIpc) is 2.31. The second-order valence-corrected chi connectivity index (χ2v) is 6.47. The molecule has 1 aliphatic rings. The Bertz CT molecular complexity index is 429. The Hall–Kier alpha value is -0.730. The van der Waals surface area contributed by atoms with Crippen molar-refractivity contribution in [2.24, 2.45) is 17.1 Å². The number of aryl methyl sites for hydroxylation is 1. The van der Waals surface area contributed by atoms with E-state index in [0.29, 0.717) is 5.92 Å². The molecule has 100 valence electrons. The van der Waals surface area contributed by atoms with Crippen molar-refractivity contribution in [3.63, 3.8) is 0 Å². The van der Waals surface area contributed by atoms with Crippen LogP contribution < -0.4 is 10.6 Å². The van der Waals surface area contributed by atoms with E-state index in [-0.39, 0.29) is 5.41 Å². The SMILES string of the molecule is Cc1ccc(N2CCC(CN)C(C)(C)C2)cc1Cl. The minimum atomic E-state index is 0.268. The summed E-state index contributed by atoms with van der Waals surface area (Å²) < 4.78 is 0. The Kier molecular flexibility index (Phi) is 3.88. The summed E-state index contributed by atoms with van der Waals surface area (Å²) in [7, 11) is 0. The van der Waals surface area contributed by atoms with Crippen LogP contribution in [0.15, 0.2) is 18.2 Å². The van der Waals surface area contributed by atoms with Gasteiger partial charge in [-0.05, 0) is 48.9 Å². The van der Waals surface area contributed by atoms with E-state index in [2.05, 4.69) is 36.9 Å². The lowest BCUT2D eigenvalue weighted by Gasteiger charge is -2.45. The van der Waals surface area contributed by atoms with Crippen molar-refractivity contribution in [2.75, 3.05) is 24.5 Å². The zero-order valence-corrected chi connectivity index (χ0v) is 12.3. The first kappa shape index (κ1) is 13.7. The smallest absolute Gasteiger partial charge is 0.0455 e. The average molecular weight is 267 g/mol. The number of rotatable bonds is 2. The largest absolute Gasteiger partial charge is 0.371 e. The zero-order chi connectivity index (χ0) is 13.3. The second kappa shape index (κ2) is 5.10. The van der Waals surface area contributed by atoms with E-state index in [1.807, 2.05) is 6.92 Å². The minimum absolute atomic E-state index is 0.268. The van der Waals surface area contributed by atoms with Crippen LogP contribution in [0.2, 0.25) is 5.02 Å². The lowest BCUT2D eigenvalue weighted by atomic mass is 9.74. The predicted octanol–water partition coefficient (Wildman–Crippen LogP) is 3.46. The molecule has 1 unspecified atom stereocenters. The highest BCUT2D eigenvalue weighted by Gasteiger charge is 2.34. The molecular weight excluding hydrogens is 244 g/mol. The summed E-state index contributed by atoms with van der Waals surface area (Å²) in [4.78, 5) is 2.43. The van der Waals surface area contributed by atoms with Crippen LogP contribution in [0, 0.1) is 18.3 Å². The molecule has 18 heavy (non-hydrogen) atoms. The summed E-state index contributed by atoms with van der Waals surface area (Å²) in [5.74, 6) is 0.620. The lowest BCUT2D eigenvalue weighted by Crippen LogP contribution is -2.48. The van der Waals surface area contributed by atoms with Gasteiger partial charge >= 0.3 is 0 Å². The number of nitrogens with zero attached hydrogens (tertiary/aromatic N) is 1. The summed E-state index contributed by atoms with van der Waals surface area (Å²) in [6, 6.07) is 6.34. The standard InChI is InChI=1S/C15H23ClN2/c1-11-4-5-13(8-14(11)16)18-7-6-12(9-17)15(2,3)10-18/h4-5,8,12H,6-7,9-10,17H2,1-3H3. The molecule has 1 heterocycles. The molecule has 0 aromatic heterocycles. The third-order valence-corrected chi connectivity index (χ3v) is 4.66. The van der Waals surface area contributed by atoms with Crippen molar-refractivity contribution in [3.8, 4) is 0 Å². The molecule has 1 fully saturated rings. The Morgan fingerprint density at radius 3 is 2.72 bits per heavy atom. The van der Waals surface area contributed by atoms with E-state index in [4.69, 9.17) is 17.3 Å². The molecule has 1 aromatic rings. The van der Waals surface area contributed by atoms with Gasteiger partial charge in [0.2, 0.25) is 0 Å². The second-order valence-electron chi connectivity index (χ2n) is 6.06. The van der Waals surface area contributed by atoms with Crippen molar-refractivity contribution >= 4 is 17.3 Å². The molecule has 2 rings (SSSR count). The van der Waals surface area contributed by atoms with E-state index < -0.39 is 0 Å². The van der Waals surface area contributed by atoms with Gasteiger partial charge in [-0.1, -0.05) is 31.5 Å². The van der Waals surface area contributed by atoms with Crippen LogP contribution in [0.5, 0.6) is 0 Å². The maximum atomic E-state index is 6.21. The molecule has 0 amide bonds. The molecule has 1 atom stereocenters. The normalized spacial score (nSPS) is 23.2. The van der Waals surface area contributed by atoms with Gasteiger partial charge in [0, 0.05) is 23.8 Å². The third-order valence-electron chi connectivity index (χ3n) is 4.26. The Morgan fingerprint density at radius 2 is 2.17 bits per heavy atom. The summed E-state index contributed by atoms with van der Waals surface area (Å²) in [5.41, 5.74) is 8.50. The highest BCUT2D eigenvalue weighted by atomic mass is 35.5. The number of nitrogens with two attached hydrogens (primary N) is 1. The maximum Gasteiger partial charge on any atom is 0.0455 e. The van der Waals surface area contributed by atoms with E-state index >= 15 is 0 Å². The number of piperidine rings is 1. The third kappa shape index (κ3) is 2.65. The van der Waals surface area contributed by atoms with E-state index in [9.17, 15) is 0 Å². The Labute approximate surface area is 115 Å². The number of anilines is 1. The molecule has 1 saturated heterocycles. The molecule has 0 aliphatic carbocycles. The first-order valence-electron chi connectivity index (χ1n) is 6.65. The van der Waals surface area contributed by atoms with Crippen molar-refractivity contribution in [2.45, 2.75) is 27.2 Å². The predicted molar refractivity (Wildman–Crippen MR) is 79.3 cm³/mol. The molecule has 2 N–H and O–H groups in total. The minimum Gasteiger partial charge on any atom is -0.371 e. The molecule has 3 heteroatoms. The summed E-state index contributed by atoms with van der Waals surface area (Å²) in [6.07, 6.45) is 1.16. The van der Waals surface area contributed by atoms with Gasteiger partial charge in [0.1, 0.15) is 0 Å². The van der Waals surface area contributed by atoms with Gasteiger partial charge in [0.25, 0.3) is 0 Å². The molecule has 0 bridgehead atoms. The van der Waals surface area contributed by atoms with Gasteiger partial charge in [-0.2, -0.15) is 0 Å². The molecule has 0 saturated carbocycles. The van der Waals surface area contributed by atoms with Gasteiger partial charge in [-0.25, -0.2) is 0 Å². The molecule has 1 aliphatic heterocycles. The Balaban J connectivity index is 2.18. The molecular formula is C15H23ClN2. The van der Waals surface area contributed by atoms with Gasteiger partial charge in [-0.15, -0.1) is 0 Å². The van der Waals surface area contributed by atoms with Crippen LogP contribution in [0.25, 0.3) is 0 Å². The highest BCUT2D eigenvalue weighted by Crippen LogP contribution is 2.36. The van der Waals surface area contributed by atoms with Crippen molar-refractivity contribution in [1.82, 2.24) is 0 Å². The number of hydrogen-bond acceptors (Lipinski definition) is 2. The van der Waals surface area contributed by atoms with Crippen LogP contribution in [0.1, 0.15) is 25.8 Å². The summed E-state index contributed by atoms with van der Waals surface area (Å²) in [5, 5.41) is 0.853. The zero-order valence-electron chi connectivity index (χ0n) is 11.5. The van der Waals surface area contributed by atoms with Gasteiger partial charge in [0.05, 0.1) is 0 Å². The quantitative estimate of drug-likeness (QED) is 0.888. The van der Waals surface area contributed by atoms with Crippen LogP contribution in [0.4, 0.5) is 5.69 Å².